The van der Waals surface area contributed by atoms with Crippen molar-refractivity contribution in [3.05, 3.63) is 29.8 Å². The summed E-state index contributed by atoms with van der Waals surface area (Å²) in [5, 5.41) is 3.34. The number of piperazine rings is 1. The smallest absolute Gasteiger partial charge is 0.240 e. The number of nitrogens with one attached hydrogen (secondary N) is 1. The fourth-order valence-electron chi connectivity index (χ4n) is 3.16. The Hall–Kier alpha value is -1.59. The van der Waals surface area contributed by atoms with Crippen LogP contribution in [0, 0.1) is 0 Å². The molecule has 1 atom stereocenters. The zero-order chi connectivity index (χ0) is 14.7. The molecule has 1 aromatic carbocycles. The molecule has 3 rings (SSSR count). The summed E-state index contributed by atoms with van der Waals surface area (Å²) >= 11 is 0. The third-order valence-electron chi connectivity index (χ3n) is 4.39. The van der Waals surface area contributed by atoms with Crippen LogP contribution in [0.5, 0.6) is 5.75 Å². The van der Waals surface area contributed by atoms with Gasteiger partial charge in [0.25, 0.3) is 0 Å². The molecule has 2 saturated heterocycles. The summed E-state index contributed by atoms with van der Waals surface area (Å²) in [7, 11) is 1.66. The molecule has 1 unspecified atom stereocenters. The summed E-state index contributed by atoms with van der Waals surface area (Å²) in [4.78, 5) is 16.9. The zero-order valence-electron chi connectivity index (χ0n) is 12.5. The Morgan fingerprint density at radius 1 is 1.19 bits per heavy atom. The lowest BCUT2D eigenvalue weighted by atomic mass is 10.2. The van der Waals surface area contributed by atoms with E-state index in [0.29, 0.717) is 6.54 Å². The van der Waals surface area contributed by atoms with Gasteiger partial charge in [-0.2, -0.15) is 0 Å². The predicted octanol–water partition coefficient (Wildman–Crippen LogP) is 0.701. The van der Waals surface area contributed by atoms with Gasteiger partial charge >= 0.3 is 0 Å². The minimum Gasteiger partial charge on any atom is -0.497 e. The van der Waals surface area contributed by atoms with Gasteiger partial charge in [0.15, 0.2) is 0 Å². The maximum absolute atomic E-state index is 12.6. The van der Waals surface area contributed by atoms with Crippen LogP contribution in [0.4, 0.5) is 0 Å². The molecule has 5 nitrogen and oxygen atoms in total. The van der Waals surface area contributed by atoms with Gasteiger partial charge in [0.2, 0.25) is 5.91 Å². The molecular weight excluding hydrogens is 266 g/mol. The van der Waals surface area contributed by atoms with Gasteiger partial charge in [0, 0.05) is 39.3 Å². The van der Waals surface area contributed by atoms with E-state index in [4.69, 9.17) is 4.74 Å². The first-order valence-electron chi connectivity index (χ1n) is 7.64. The molecule has 2 fully saturated rings. The van der Waals surface area contributed by atoms with Crippen molar-refractivity contribution in [1.82, 2.24) is 15.1 Å². The first kappa shape index (κ1) is 14.4. The van der Waals surface area contributed by atoms with Gasteiger partial charge < -0.3 is 15.0 Å². The highest BCUT2D eigenvalue weighted by Crippen LogP contribution is 2.21. The molecule has 0 radical (unpaired) electrons. The number of carbonyl (C=O) groups is 1. The van der Waals surface area contributed by atoms with Gasteiger partial charge in [-0.15, -0.1) is 0 Å². The van der Waals surface area contributed by atoms with Crippen molar-refractivity contribution < 1.29 is 9.53 Å². The maximum atomic E-state index is 12.6. The number of benzene rings is 1. The Kier molecular flexibility index (Phi) is 4.41. The molecule has 2 heterocycles. The van der Waals surface area contributed by atoms with Crippen LogP contribution < -0.4 is 10.1 Å². The Bertz CT molecular complexity index is 483. The molecule has 114 valence electrons. The van der Waals surface area contributed by atoms with Crippen molar-refractivity contribution in [2.45, 2.75) is 19.0 Å². The van der Waals surface area contributed by atoms with Gasteiger partial charge in [-0.05, 0) is 24.1 Å². The second-order valence-corrected chi connectivity index (χ2v) is 5.70. The van der Waals surface area contributed by atoms with Crippen molar-refractivity contribution in [3.63, 3.8) is 0 Å². The van der Waals surface area contributed by atoms with Gasteiger partial charge in [0.05, 0.1) is 13.2 Å². The molecular formula is C16H23N3O2. The number of hydrogen-bond acceptors (Lipinski definition) is 4. The molecule has 0 aliphatic carbocycles. The third kappa shape index (κ3) is 3.19. The van der Waals surface area contributed by atoms with Crippen LogP contribution in [0.1, 0.15) is 12.0 Å². The van der Waals surface area contributed by atoms with Gasteiger partial charge in [-0.25, -0.2) is 0 Å². The molecule has 0 aromatic heterocycles. The Balaban J connectivity index is 1.60. The van der Waals surface area contributed by atoms with E-state index >= 15 is 0 Å². The lowest BCUT2D eigenvalue weighted by Crippen LogP contribution is -2.51. The Labute approximate surface area is 125 Å². The summed E-state index contributed by atoms with van der Waals surface area (Å²) in [6, 6.07) is 8.05. The van der Waals surface area contributed by atoms with Crippen molar-refractivity contribution >= 4 is 5.91 Å². The minimum atomic E-state index is 0.0883. The number of hydrogen-bond donors (Lipinski definition) is 1. The van der Waals surface area contributed by atoms with E-state index in [2.05, 4.69) is 10.2 Å². The van der Waals surface area contributed by atoms with E-state index in [1.807, 2.05) is 29.2 Å². The Morgan fingerprint density at radius 2 is 1.90 bits per heavy atom. The summed E-state index contributed by atoms with van der Waals surface area (Å²) in [6.45, 7) is 5.50. The van der Waals surface area contributed by atoms with Crippen molar-refractivity contribution in [1.29, 1.82) is 0 Å². The summed E-state index contributed by atoms with van der Waals surface area (Å²) < 4.78 is 5.16. The van der Waals surface area contributed by atoms with E-state index in [1.54, 1.807) is 7.11 Å². The van der Waals surface area contributed by atoms with E-state index in [1.165, 1.54) is 0 Å². The summed E-state index contributed by atoms with van der Waals surface area (Å²) in [5.41, 5.74) is 1.16. The third-order valence-corrected chi connectivity index (χ3v) is 4.39. The van der Waals surface area contributed by atoms with Gasteiger partial charge in [-0.3, -0.25) is 9.69 Å². The van der Waals surface area contributed by atoms with E-state index in [9.17, 15) is 4.79 Å². The van der Waals surface area contributed by atoms with Crippen LogP contribution >= 0.6 is 0 Å². The van der Waals surface area contributed by atoms with Crippen LogP contribution in [0.15, 0.2) is 24.3 Å². The lowest BCUT2D eigenvalue weighted by molar-refractivity contribution is -0.132. The number of carbonyl (C=O) groups excluding carboxylic acids is 1. The fourth-order valence-corrected chi connectivity index (χ4v) is 3.16. The lowest BCUT2D eigenvalue weighted by Gasteiger charge is -2.31. The second-order valence-electron chi connectivity index (χ2n) is 5.70. The minimum absolute atomic E-state index is 0.0883. The van der Waals surface area contributed by atoms with Crippen LogP contribution in [0.3, 0.4) is 0 Å². The average Bonchev–Trinajstić information content (AvgIpc) is 2.90. The first-order valence-corrected chi connectivity index (χ1v) is 7.64. The van der Waals surface area contributed by atoms with Crippen molar-refractivity contribution in [2.75, 3.05) is 39.8 Å². The van der Waals surface area contributed by atoms with Gasteiger partial charge in [-0.1, -0.05) is 12.1 Å². The largest absolute Gasteiger partial charge is 0.497 e. The van der Waals surface area contributed by atoms with E-state index in [-0.39, 0.29) is 11.9 Å². The number of methoxy groups -OCH3 is 1. The van der Waals surface area contributed by atoms with Crippen molar-refractivity contribution in [2.24, 2.45) is 0 Å². The molecule has 1 aromatic rings. The van der Waals surface area contributed by atoms with Crippen LogP contribution in [-0.2, 0) is 11.3 Å². The fraction of sp³-hybridized carbons (Fsp3) is 0.562. The predicted molar refractivity (Wildman–Crippen MR) is 81.3 cm³/mol. The molecule has 0 saturated carbocycles. The molecule has 0 spiro atoms. The highest BCUT2D eigenvalue weighted by atomic mass is 16.5. The summed E-state index contributed by atoms with van der Waals surface area (Å²) in [6.07, 6.45) is 0.953. The number of nitrogens with zero attached hydrogens (tertiary/aromatic N) is 2. The van der Waals surface area contributed by atoms with Crippen LogP contribution in [0.2, 0.25) is 0 Å². The maximum Gasteiger partial charge on any atom is 0.240 e. The van der Waals surface area contributed by atoms with Crippen molar-refractivity contribution in [3.8, 4) is 5.75 Å². The topological polar surface area (TPSA) is 44.8 Å². The first-order chi connectivity index (χ1) is 10.3. The molecule has 5 heteroatoms. The van der Waals surface area contributed by atoms with Gasteiger partial charge in [0.1, 0.15) is 5.75 Å². The van der Waals surface area contributed by atoms with Crippen LogP contribution in [-0.4, -0.2) is 61.6 Å². The number of rotatable bonds is 4. The number of likely N-dealkylation sites (tertiary alicyclic amines) is 1. The summed E-state index contributed by atoms with van der Waals surface area (Å²) in [5.74, 6) is 1.14. The number of ether oxygens (including phenoxy) is 1. The molecule has 0 bridgehead atoms. The highest BCUT2D eigenvalue weighted by Gasteiger charge is 2.35. The van der Waals surface area contributed by atoms with E-state index in [0.717, 1.165) is 50.5 Å². The molecule has 1 amide bonds. The average molecular weight is 289 g/mol. The normalized spacial score (nSPS) is 23.6. The van der Waals surface area contributed by atoms with Crippen LogP contribution in [0.25, 0.3) is 0 Å². The number of amides is 1. The molecule has 1 N–H and O–H groups in total. The molecule has 2 aliphatic rings. The molecule has 21 heavy (non-hydrogen) atoms. The zero-order valence-corrected chi connectivity index (χ0v) is 12.5. The Morgan fingerprint density at radius 3 is 2.57 bits per heavy atom. The quantitative estimate of drug-likeness (QED) is 0.886. The highest BCUT2D eigenvalue weighted by molar-refractivity contribution is 5.84. The molecule has 2 aliphatic heterocycles. The SMILES string of the molecule is COc1ccc(CN2CCC(N3CCNCC3)C2=O)cc1. The van der Waals surface area contributed by atoms with E-state index < -0.39 is 0 Å². The second kappa shape index (κ2) is 6.45. The monoisotopic (exact) mass is 289 g/mol. The standard InChI is InChI=1S/C16H23N3O2/c1-21-14-4-2-13(3-5-14)12-19-9-6-15(16(19)20)18-10-7-17-8-11-18/h2-5,15,17H,6-12H2,1H3.